The summed E-state index contributed by atoms with van der Waals surface area (Å²) in [5, 5.41) is 10.0. The molecule has 1 nitrogen and oxygen atoms in total. The molecule has 13 heavy (non-hydrogen) atoms. The molecule has 1 rings (SSSR count). The van der Waals surface area contributed by atoms with Crippen molar-refractivity contribution in [3.8, 4) is 0 Å². The molecule has 70 valence electrons. The van der Waals surface area contributed by atoms with Crippen molar-refractivity contribution in [3.05, 3.63) is 46.5 Å². The van der Waals surface area contributed by atoms with Crippen molar-refractivity contribution >= 4 is 15.9 Å². The molecule has 0 aromatic heterocycles. The maximum atomic E-state index is 10.0. The van der Waals surface area contributed by atoms with Crippen molar-refractivity contribution in [2.24, 2.45) is 0 Å². The Morgan fingerprint density at radius 3 is 2.23 bits per heavy atom. The van der Waals surface area contributed by atoms with Crippen LogP contribution in [-0.4, -0.2) is 5.11 Å². The molecule has 0 bridgehead atoms. The topological polar surface area (TPSA) is 20.2 Å². The SMILES string of the molecule is C=C(C)C(C)(O)c1ccc(Br)cc1. The minimum Gasteiger partial charge on any atom is -0.381 e. The van der Waals surface area contributed by atoms with E-state index in [1.807, 2.05) is 31.2 Å². The standard InChI is InChI=1S/C11H13BrO/c1-8(2)11(3,13)9-4-6-10(12)7-5-9/h4-7,13H,1H2,2-3H3. The maximum Gasteiger partial charge on any atom is 0.107 e. The van der Waals surface area contributed by atoms with Crippen LogP contribution in [-0.2, 0) is 5.60 Å². The Kier molecular flexibility index (Phi) is 2.94. The summed E-state index contributed by atoms with van der Waals surface area (Å²) in [6.07, 6.45) is 0. The smallest absolute Gasteiger partial charge is 0.107 e. The summed E-state index contributed by atoms with van der Waals surface area (Å²) >= 11 is 3.35. The number of rotatable bonds is 2. The fourth-order valence-corrected chi connectivity index (χ4v) is 1.29. The van der Waals surface area contributed by atoms with Gasteiger partial charge in [0.05, 0.1) is 0 Å². The molecule has 1 N–H and O–H groups in total. The van der Waals surface area contributed by atoms with E-state index in [0.717, 1.165) is 15.6 Å². The van der Waals surface area contributed by atoms with Gasteiger partial charge >= 0.3 is 0 Å². The molecule has 0 amide bonds. The Morgan fingerprint density at radius 2 is 1.85 bits per heavy atom. The van der Waals surface area contributed by atoms with Gasteiger partial charge < -0.3 is 5.11 Å². The van der Waals surface area contributed by atoms with Crippen molar-refractivity contribution in [1.29, 1.82) is 0 Å². The molecule has 1 aromatic rings. The van der Waals surface area contributed by atoms with Gasteiger partial charge in [0.15, 0.2) is 0 Å². The maximum absolute atomic E-state index is 10.0. The Labute approximate surface area is 87.2 Å². The van der Waals surface area contributed by atoms with E-state index < -0.39 is 5.60 Å². The zero-order valence-corrected chi connectivity index (χ0v) is 9.43. The first kappa shape index (κ1) is 10.5. The average molecular weight is 241 g/mol. The van der Waals surface area contributed by atoms with Crippen LogP contribution in [0.4, 0.5) is 0 Å². The zero-order valence-electron chi connectivity index (χ0n) is 7.84. The van der Waals surface area contributed by atoms with Crippen LogP contribution in [0.1, 0.15) is 19.4 Å². The van der Waals surface area contributed by atoms with Crippen molar-refractivity contribution in [2.45, 2.75) is 19.4 Å². The molecule has 0 aliphatic rings. The van der Waals surface area contributed by atoms with Gasteiger partial charge in [-0.15, -0.1) is 0 Å². The molecule has 0 spiro atoms. The van der Waals surface area contributed by atoms with Gasteiger partial charge in [0.25, 0.3) is 0 Å². The van der Waals surface area contributed by atoms with Crippen molar-refractivity contribution in [3.63, 3.8) is 0 Å². The quantitative estimate of drug-likeness (QED) is 0.788. The second-order valence-corrected chi connectivity index (χ2v) is 4.28. The lowest BCUT2D eigenvalue weighted by atomic mass is 9.90. The van der Waals surface area contributed by atoms with E-state index in [1.165, 1.54) is 0 Å². The third-order valence-corrected chi connectivity index (χ3v) is 2.77. The molecular weight excluding hydrogens is 228 g/mol. The molecule has 0 radical (unpaired) electrons. The summed E-state index contributed by atoms with van der Waals surface area (Å²) in [5.41, 5.74) is 0.679. The zero-order chi connectivity index (χ0) is 10.1. The second-order valence-electron chi connectivity index (χ2n) is 3.36. The van der Waals surface area contributed by atoms with Crippen LogP contribution in [0, 0.1) is 0 Å². The fraction of sp³-hybridized carbons (Fsp3) is 0.273. The van der Waals surface area contributed by atoms with Gasteiger partial charge in [-0.25, -0.2) is 0 Å². The highest BCUT2D eigenvalue weighted by Crippen LogP contribution is 2.28. The van der Waals surface area contributed by atoms with E-state index in [1.54, 1.807) is 6.92 Å². The molecule has 2 heteroatoms. The first-order chi connectivity index (χ1) is 5.94. The minimum atomic E-state index is -0.930. The van der Waals surface area contributed by atoms with Crippen LogP contribution in [0.15, 0.2) is 40.9 Å². The van der Waals surface area contributed by atoms with Gasteiger partial charge in [0.1, 0.15) is 5.60 Å². The Morgan fingerprint density at radius 1 is 1.38 bits per heavy atom. The lowest BCUT2D eigenvalue weighted by Gasteiger charge is -2.24. The number of halogens is 1. The van der Waals surface area contributed by atoms with Gasteiger partial charge in [-0.2, -0.15) is 0 Å². The van der Waals surface area contributed by atoms with E-state index in [4.69, 9.17) is 0 Å². The molecule has 0 aliphatic carbocycles. The predicted molar refractivity (Wildman–Crippen MR) is 58.5 cm³/mol. The highest BCUT2D eigenvalue weighted by Gasteiger charge is 2.23. The summed E-state index contributed by atoms with van der Waals surface area (Å²) in [5.74, 6) is 0. The summed E-state index contributed by atoms with van der Waals surface area (Å²) in [6, 6.07) is 7.59. The lowest BCUT2D eigenvalue weighted by molar-refractivity contribution is 0.0980. The van der Waals surface area contributed by atoms with Crippen LogP contribution < -0.4 is 0 Å². The lowest BCUT2D eigenvalue weighted by Crippen LogP contribution is -2.21. The van der Waals surface area contributed by atoms with Crippen LogP contribution in [0.25, 0.3) is 0 Å². The molecule has 0 saturated carbocycles. The van der Waals surface area contributed by atoms with Gasteiger partial charge in [0, 0.05) is 4.47 Å². The van der Waals surface area contributed by atoms with Gasteiger partial charge in [-0.1, -0.05) is 34.6 Å². The molecule has 0 saturated heterocycles. The summed E-state index contributed by atoms with van der Waals surface area (Å²) < 4.78 is 1.01. The van der Waals surface area contributed by atoms with Gasteiger partial charge in [-0.05, 0) is 37.1 Å². The first-order valence-corrected chi connectivity index (χ1v) is 4.88. The highest BCUT2D eigenvalue weighted by molar-refractivity contribution is 9.10. The summed E-state index contributed by atoms with van der Waals surface area (Å²) in [6.45, 7) is 7.33. The van der Waals surface area contributed by atoms with Crippen molar-refractivity contribution in [2.75, 3.05) is 0 Å². The molecule has 1 unspecified atom stereocenters. The number of aliphatic hydroxyl groups is 1. The van der Waals surface area contributed by atoms with Gasteiger partial charge in [0.2, 0.25) is 0 Å². The Bertz CT molecular complexity index is 311. The number of hydrogen-bond acceptors (Lipinski definition) is 1. The minimum absolute atomic E-state index is 0.745. The highest BCUT2D eigenvalue weighted by atomic mass is 79.9. The fourth-order valence-electron chi connectivity index (χ4n) is 1.02. The number of benzene rings is 1. The second kappa shape index (κ2) is 3.64. The van der Waals surface area contributed by atoms with Crippen LogP contribution >= 0.6 is 15.9 Å². The van der Waals surface area contributed by atoms with E-state index >= 15 is 0 Å². The summed E-state index contributed by atoms with van der Waals surface area (Å²) in [7, 11) is 0. The molecular formula is C11H13BrO. The predicted octanol–water partition coefficient (Wildman–Crippen LogP) is 3.23. The largest absolute Gasteiger partial charge is 0.381 e. The Balaban J connectivity index is 3.08. The molecule has 1 atom stereocenters. The molecule has 1 aromatic carbocycles. The number of hydrogen-bond donors (Lipinski definition) is 1. The third kappa shape index (κ3) is 2.20. The Hall–Kier alpha value is -0.600. The molecule has 0 aliphatic heterocycles. The monoisotopic (exact) mass is 240 g/mol. The van der Waals surface area contributed by atoms with E-state index in [-0.39, 0.29) is 0 Å². The van der Waals surface area contributed by atoms with E-state index in [9.17, 15) is 5.11 Å². The van der Waals surface area contributed by atoms with E-state index in [2.05, 4.69) is 22.5 Å². The molecule has 0 fully saturated rings. The van der Waals surface area contributed by atoms with Crippen LogP contribution in [0.5, 0.6) is 0 Å². The normalized spacial score (nSPS) is 15.1. The average Bonchev–Trinajstić information content (AvgIpc) is 2.04. The van der Waals surface area contributed by atoms with Crippen LogP contribution in [0.2, 0.25) is 0 Å². The van der Waals surface area contributed by atoms with Gasteiger partial charge in [-0.3, -0.25) is 0 Å². The third-order valence-electron chi connectivity index (χ3n) is 2.24. The first-order valence-electron chi connectivity index (χ1n) is 4.09. The van der Waals surface area contributed by atoms with Crippen molar-refractivity contribution < 1.29 is 5.11 Å². The molecule has 0 heterocycles. The van der Waals surface area contributed by atoms with Crippen molar-refractivity contribution in [1.82, 2.24) is 0 Å². The van der Waals surface area contributed by atoms with E-state index in [0.29, 0.717) is 0 Å². The van der Waals surface area contributed by atoms with Crippen LogP contribution in [0.3, 0.4) is 0 Å². The summed E-state index contributed by atoms with van der Waals surface area (Å²) in [4.78, 5) is 0.